The van der Waals surface area contributed by atoms with Crippen molar-refractivity contribution < 1.29 is 4.79 Å². The van der Waals surface area contributed by atoms with Crippen LogP contribution in [0.2, 0.25) is 12.6 Å². The summed E-state index contributed by atoms with van der Waals surface area (Å²) < 4.78 is 0. The number of ketones is 1. The summed E-state index contributed by atoms with van der Waals surface area (Å²) in [6.45, 7) is 0. The Kier molecular flexibility index (Phi) is 1.50. The molecule has 0 aromatic carbocycles. The number of hydrogen-bond donors (Lipinski definition) is 0. The molecule has 2 heteroatoms. The Morgan fingerprint density at radius 1 is 1.29 bits per heavy atom. The molecule has 1 heterocycles. The number of rotatable bonds is 0. The van der Waals surface area contributed by atoms with Gasteiger partial charge in [0.05, 0.1) is 0 Å². The van der Waals surface area contributed by atoms with Crippen molar-refractivity contribution in [3.8, 4) is 0 Å². The Morgan fingerprint density at radius 2 is 1.86 bits per heavy atom. The maximum absolute atomic E-state index is 10.5. The van der Waals surface area contributed by atoms with Gasteiger partial charge >= 0.3 is 0 Å². The first kappa shape index (κ1) is 4.88. The van der Waals surface area contributed by atoms with E-state index in [9.17, 15) is 4.79 Å². The molecule has 0 aliphatic carbocycles. The maximum atomic E-state index is 10.5. The van der Waals surface area contributed by atoms with Gasteiger partial charge < -0.3 is 0 Å². The van der Waals surface area contributed by atoms with Crippen LogP contribution in [0.1, 0.15) is 12.8 Å². The highest BCUT2D eigenvalue weighted by atomic mass is 16.1. The van der Waals surface area contributed by atoms with E-state index in [1.807, 2.05) is 0 Å². The zero-order valence-electron chi connectivity index (χ0n) is 4.44. The fourth-order valence-corrected chi connectivity index (χ4v) is 0.946. The van der Waals surface area contributed by atoms with E-state index in [0.29, 0.717) is 5.78 Å². The van der Waals surface area contributed by atoms with Crippen molar-refractivity contribution in [2.45, 2.75) is 25.5 Å². The van der Waals surface area contributed by atoms with Gasteiger partial charge in [-0.15, -0.1) is 0 Å². The highest BCUT2D eigenvalue weighted by Gasteiger charge is 2.07. The van der Waals surface area contributed by atoms with Crippen molar-refractivity contribution >= 4 is 13.1 Å². The first-order valence-corrected chi connectivity index (χ1v) is 2.91. The van der Waals surface area contributed by atoms with Gasteiger partial charge in [0.2, 0.25) is 0 Å². The lowest BCUT2D eigenvalue weighted by molar-refractivity contribution is -0.118. The third-order valence-corrected chi connectivity index (χ3v) is 1.41. The Labute approximate surface area is 44.3 Å². The molecule has 1 nitrogen and oxygen atoms in total. The molecule has 0 spiro atoms. The van der Waals surface area contributed by atoms with Crippen molar-refractivity contribution in [3.05, 3.63) is 0 Å². The summed E-state index contributed by atoms with van der Waals surface area (Å²) in [4.78, 5) is 10.5. The van der Waals surface area contributed by atoms with E-state index in [4.69, 9.17) is 0 Å². The highest BCUT2D eigenvalue weighted by Crippen LogP contribution is 2.07. The molecule has 0 aromatic rings. The summed E-state index contributed by atoms with van der Waals surface area (Å²) in [7, 11) is 1.27. The second-order valence-electron chi connectivity index (χ2n) is 2.10. The number of hydrogen-bond acceptors (Lipinski definition) is 1. The molecule has 0 atom stereocenters. The molecule has 0 N–H and O–H groups in total. The van der Waals surface area contributed by atoms with Crippen LogP contribution in [-0.2, 0) is 4.79 Å². The Morgan fingerprint density at radius 3 is 2.14 bits per heavy atom. The topological polar surface area (TPSA) is 17.1 Å². The Hall–Kier alpha value is -0.265. The third-order valence-electron chi connectivity index (χ3n) is 1.41. The second-order valence-corrected chi connectivity index (χ2v) is 2.10. The van der Waals surface area contributed by atoms with Crippen LogP contribution < -0.4 is 0 Å². The van der Waals surface area contributed by atoms with Crippen LogP contribution in [0.5, 0.6) is 0 Å². The van der Waals surface area contributed by atoms with Crippen LogP contribution in [0.25, 0.3) is 0 Å². The summed E-state index contributed by atoms with van der Waals surface area (Å²) in [6.07, 6.45) is 3.97. The van der Waals surface area contributed by atoms with Crippen LogP contribution in [0, 0.1) is 0 Å². The number of Topliss-reactive ketones (excluding diaryl/α,β-unsaturated/α-hetero) is 1. The van der Waals surface area contributed by atoms with E-state index in [1.165, 1.54) is 7.28 Å². The summed E-state index contributed by atoms with van der Waals surface area (Å²) in [5.41, 5.74) is 0. The molecular formula is C5H9BO. The molecule has 7 heavy (non-hydrogen) atoms. The number of carbonyl (C=O) groups excluding carboxylic acids is 1. The molecule has 38 valence electrons. The third kappa shape index (κ3) is 1.34. The maximum Gasteiger partial charge on any atom is 0.131 e. The first-order chi connectivity index (χ1) is 3.39. The van der Waals surface area contributed by atoms with Gasteiger partial charge in [-0.1, -0.05) is 12.6 Å². The molecule has 1 aliphatic rings. The lowest BCUT2D eigenvalue weighted by Gasteiger charge is -2.03. The zero-order valence-corrected chi connectivity index (χ0v) is 4.44. The molecule has 1 saturated heterocycles. The smallest absolute Gasteiger partial charge is 0.131 e. The average Bonchev–Trinajstić information content (AvgIpc) is 1.69. The monoisotopic (exact) mass is 96.1 g/mol. The second kappa shape index (κ2) is 2.15. The van der Waals surface area contributed by atoms with E-state index in [2.05, 4.69) is 0 Å². The largest absolute Gasteiger partial charge is 0.300 e. The molecule has 0 radical (unpaired) electrons. The molecular weight excluding hydrogens is 86.9 g/mol. The van der Waals surface area contributed by atoms with Gasteiger partial charge in [-0.05, 0) is 12.8 Å². The van der Waals surface area contributed by atoms with Gasteiger partial charge in [0.25, 0.3) is 0 Å². The first-order valence-electron chi connectivity index (χ1n) is 2.91. The molecule has 0 saturated carbocycles. The summed E-state index contributed by atoms with van der Waals surface area (Å²) >= 11 is 0. The Balaban J connectivity index is 2.25. The lowest BCUT2D eigenvalue weighted by atomic mass is 9.64. The van der Waals surface area contributed by atoms with Crippen molar-refractivity contribution in [2.75, 3.05) is 0 Å². The summed E-state index contributed by atoms with van der Waals surface area (Å²) in [5.74, 6) is 0.464. The molecule has 1 aliphatic heterocycles. The molecule has 0 amide bonds. The lowest BCUT2D eigenvalue weighted by Crippen LogP contribution is -2.07. The highest BCUT2D eigenvalue weighted by molar-refractivity contribution is 6.37. The van der Waals surface area contributed by atoms with E-state index in [1.54, 1.807) is 0 Å². The normalized spacial score (nSPS) is 21.4. The average molecular weight is 95.9 g/mol. The van der Waals surface area contributed by atoms with Crippen molar-refractivity contribution in [2.24, 2.45) is 0 Å². The standard InChI is InChI=1S/C5H9BO/c7-5-1-3-6-4-2-5/h6H,1-4H2. The van der Waals surface area contributed by atoms with Gasteiger partial charge in [-0.25, -0.2) is 0 Å². The van der Waals surface area contributed by atoms with Crippen LogP contribution in [0.3, 0.4) is 0 Å². The van der Waals surface area contributed by atoms with Crippen LogP contribution in [0.4, 0.5) is 0 Å². The van der Waals surface area contributed by atoms with Crippen LogP contribution in [0.15, 0.2) is 0 Å². The van der Waals surface area contributed by atoms with Gasteiger partial charge in [0.1, 0.15) is 13.1 Å². The van der Waals surface area contributed by atoms with Crippen molar-refractivity contribution in [1.29, 1.82) is 0 Å². The Bertz CT molecular complexity index is 72.1. The van der Waals surface area contributed by atoms with E-state index >= 15 is 0 Å². The van der Waals surface area contributed by atoms with Gasteiger partial charge in [0, 0.05) is 0 Å². The van der Waals surface area contributed by atoms with E-state index in [-0.39, 0.29) is 0 Å². The quantitative estimate of drug-likeness (QED) is 0.404. The molecule has 0 aromatic heterocycles. The van der Waals surface area contributed by atoms with Crippen molar-refractivity contribution in [3.63, 3.8) is 0 Å². The van der Waals surface area contributed by atoms with Crippen molar-refractivity contribution in [1.82, 2.24) is 0 Å². The minimum absolute atomic E-state index is 0.464. The van der Waals surface area contributed by atoms with Gasteiger partial charge in [0.15, 0.2) is 0 Å². The molecule has 1 fully saturated rings. The van der Waals surface area contributed by atoms with Crippen LogP contribution >= 0.6 is 0 Å². The van der Waals surface area contributed by atoms with Gasteiger partial charge in [-0.3, -0.25) is 4.79 Å². The predicted molar refractivity (Wildman–Crippen MR) is 31.0 cm³/mol. The number of carbonyl (C=O) groups is 1. The van der Waals surface area contributed by atoms with Gasteiger partial charge in [-0.2, -0.15) is 0 Å². The van der Waals surface area contributed by atoms with Crippen LogP contribution in [-0.4, -0.2) is 13.1 Å². The predicted octanol–water partition coefficient (Wildman–Crippen LogP) is 0.622. The fourth-order valence-electron chi connectivity index (χ4n) is 0.946. The molecule has 0 bridgehead atoms. The van der Waals surface area contributed by atoms with E-state index in [0.717, 1.165) is 25.5 Å². The van der Waals surface area contributed by atoms with E-state index < -0.39 is 0 Å². The SMILES string of the molecule is O=C1CCBCC1. The summed E-state index contributed by atoms with van der Waals surface area (Å²) in [5, 5.41) is 0. The zero-order chi connectivity index (χ0) is 5.11. The molecule has 1 rings (SSSR count). The minimum atomic E-state index is 0.464. The fraction of sp³-hybridized carbons (Fsp3) is 0.800. The summed E-state index contributed by atoms with van der Waals surface area (Å²) in [6, 6.07) is 0. The molecule has 0 unspecified atom stereocenters. The minimum Gasteiger partial charge on any atom is -0.300 e.